The van der Waals surface area contributed by atoms with Gasteiger partial charge in [-0.05, 0) is 59.7 Å². The summed E-state index contributed by atoms with van der Waals surface area (Å²) in [6, 6.07) is 8.70. The average molecular weight is 595 g/mol. The third kappa shape index (κ3) is 6.06. The molecule has 0 saturated carbocycles. The van der Waals surface area contributed by atoms with Gasteiger partial charge in [0.05, 0.1) is 41.4 Å². The molecule has 2 aliphatic heterocycles. The van der Waals surface area contributed by atoms with Crippen LogP contribution in [-0.4, -0.2) is 81.3 Å². The van der Waals surface area contributed by atoms with Gasteiger partial charge in [-0.3, -0.25) is 24.1 Å². The molecule has 212 valence electrons. The van der Waals surface area contributed by atoms with Crippen LogP contribution in [0, 0.1) is 0 Å². The largest absolute Gasteiger partial charge is 0.416 e. The molecule has 1 N–H and O–H groups in total. The lowest BCUT2D eigenvalue weighted by Gasteiger charge is -2.26. The van der Waals surface area contributed by atoms with Crippen molar-refractivity contribution in [3.63, 3.8) is 0 Å². The number of thioether (sulfide) groups is 1. The highest BCUT2D eigenvalue weighted by atomic mass is 35.5. The molecule has 2 amide bonds. The third-order valence-electron chi connectivity index (χ3n) is 7.02. The number of carbonyl (C=O) groups excluding carboxylic acids is 2. The number of alkyl halides is 3. The molecular formula is C27H26ClF3N4O4S. The van der Waals surface area contributed by atoms with Crippen LogP contribution in [0.5, 0.6) is 0 Å². The minimum atomic E-state index is -4.56. The van der Waals surface area contributed by atoms with E-state index in [0.717, 1.165) is 17.8 Å². The van der Waals surface area contributed by atoms with Crippen molar-refractivity contribution in [1.82, 2.24) is 19.6 Å². The van der Waals surface area contributed by atoms with E-state index in [9.17, 15) is 27.9 Å². The van der Waals surface area contributed by atoms with Crippen molar-refractivity contribution in [2.45, 2.75) is 31.3 Å². The lowest BCUT2D eigenvalue weighted by atomic mass is 10.1. The van der Waals surface area contributed by atoms with Crippen molar-refractivity contribution >= 4 is 51.5 Å². The molecule has 40 heavy (non-hydrogen) atoms. The normalized spacial score (nSPS) is 21.4. The Morgan fingerprint density at radius 2 is 2.02 bits per heavy atom. The minimum Gasteiger partial charge on any atom is -0.392 e. The van der Waals surface area contributed by atoms with E-state index >= 15 is 0 Å². The molecule has 2 fully saturated rings. The molecular weight excluding hydrogens is 569 g/mol. The van der Waals surface area contributed by atoms with Crippen molar-refractivity contribution in [3.05, 3.63) is 69.2 Å². The summed E-state index contributed by atoms with van der Waals surface area (Å²) in [4.78, 5) is 29.3. The first kappa shape index (κ1) is 28.6. The summed E-state index contributed by atoms with van der Waals surface area (Å²) >= 11 is 6.65. The molecule has 2 atom stereocenters. The monoisotopic (exact) mass is 594 g/mol. The van der Waals surface area contributed by atoms with E-state index in [2.05, 4.69) is 5.10 Å². The van der Waals surface area contributed by atoms with Gasteiger partial charge in [0, 0.05) is 43.2 Å². The maximum absolute atomic E-state index is 13.5. The molecule has 0 bridgehead atoms. The van der Waals surface area contributed by atoms with Gasteiger partial charge in [-0.25, -0.2) is 0 Å². The summed E-state index contributed by atoms with van der Waals surface area (Å²) in [5.41, 5.74) is 0.488. The number of imide groups is 1. The lowest BCUT2D eigenvalue weighted by Crippen LogP contribution is -2.43. The molecule has 5 rings (SSSR count). The Morgan fingerprint density at radius 1 is 1.23 bits per heavy atom. The fourth-order valence-electron chi connectivity index (χ4n) is 5.08. The van der Waals surface area contributed by atoms with Gasteiger partial charge >= 0.3 is 6.18 Å². The molecule has 0 spiro atoms. The van der Waals surface area contributed by atoms with E-state index in [-0.39, 0.29) is 39.9 Å². The molecule has 2 aliphatic rings. The summed E-state index contributed by atoms with van der Waals surface area (Å²) in [7, 11) is 1.59. The number of hydrogen-bond acceptors (Lipinski definition) is 7. The summed E-state index contributed by atoms with van der Waals surface area (Å²) in [6.45, 7) is 1.61. The minimum absolute atomic E-state index is 0.000271. The highest BCUT2D eigenvalue weighted by Crippen LogP contribution is 2.36. The number of amides is 2. The molecule has 8 nitrogen and oxygen atoms in total. The Balaban J connectivity index is 1.33. The topological polar surface area (TPSA) is 87.9 Å². The summed E-state index contributed by atoms with van der Waals surface area (Å²) < 4.78 is 47.2. The van der Waals surface area contributed by atoms with Crippen LogP contribution in [0.25, 0.3) is 17.0 Å². The number of hydrogen-bond donors (Lipinski definition) is 1. The number of likely N-dealkylation sites (tertiary alicyclic amines) is 1. The molecule has 0 aliphatic carbocycles. The maximum atomic E-state index is 13.5. The quantitative estimate of drug-likeness (QED) is 0.372. The summed E-state index contributed by atoms with van der Waals surface area (Å²) in [5.74, 6) is -0.402. The van der Waals surface area contributed by atoms with Crippen LogP contribution in [0.4, 0.5) is 18.0 Å². The van der Waals surface area contributed by atoms with Crippen LogP contribution >= 0.6 is 23.4 Å². The first-order valence-electron chi connectivity index (χ1n) is 12.5. The Morgan fingerprint density at radius 3 is 2.77 bits per heavy atom. The fourth-order valence-corrected chi connectivity index (χ4v) is 6.10. The van der Waals surface area contributed by atoms with Crippen molar-refractivity contribution in [1.29, 1.82) is 0 Å². The van der Waals surface area contributed by atoms with Gasteiger partial charge in [0.15, 0.2) is 0 Å². The summed E-state index contributed by atoms with van der Waals surface area (Å²) in [6.07, 6.45) is -1.45. The molecule has 0 radical (unpaired) electrons. The maximum Gasteiger partial charge on any atom is 0.416 e. The van der Waals surface area contributed by atoms with Gasteiger partial charge in [-0.2, -0.15) is 18.3 Å². The second-order valence-electron chi connectivity index (χ2n) is 9.74. The predicted molar refractivity (Wildman–Crippen MR) is 146 cm³/mol. The molecule has 0 unspecified atom stereocenters. The van der Waals surface area contributed by atoms with Gasteiger partial charge in [-0.15, -0.1) is 0 Å². The number of carbonyl (C=O) groups is 2. The van der Waals surface area contributed by atoms with Crippen molar-refractivity contribution < 1.29 is 32.6 Å². The van der Waals surface area contributed by atoms with Crippen LogP contribution in [-0.2, 0) is 22.3 Å². The molecule has 13 heteroatoms. The van der Waals surface area contributed by atoms with Gasteiger partial charge in [-0.1, -0.05) is 23.7 Å². The number of rotatable bonds is 8. The zero-order valence-corrected chi connectivity index (χ0v) is 23.0. The van der Waals surface area contributed by atoms with Crippen molar-refractivity contribution in [2.24, 2.45) is 0 Å². The van der Waals surface area contributed by atoms with E-state index in [0.29, 0.717) is 42.6 Å². The Bertz CT molecular complexity index is 1480. The standard InChI is InChI=1S/C27H26ClF3N4O4S/c1-39-7-6-33-15-21(36)11-20(33)14-34-25(37)24(40-26(34)38)9-16-2-5-23-18(8-16)12-32-35(23)13-17-3-4-19(28)10-22(17)27(29,30)31/h2-5,8-10,12,20-21,36H,6-7,11,13-15H2,1H3/t20-,21+/m0/s1. The van der Waals surface area contributed by atoms with E-state index in [1.165, 1.54) is 21.7 Å². The zero-order valence-electron chi connectivity index (χ0n) is 21.4. The van der Waals surface area contributed by atoms with Crippen LogP contribution in [0.2, 0.25) is 5.02 Å². The second kappa shape index (κ2) is 11.5. The SMILES string of the molecule is COCCN1C[C@H](O)C[C@H]1CN1C(=O)SC(=Cc2ccc3c(cnn3Cc3ccc(Cl)cc3C(F)(F)F)c2)C1=O. The summed E-state index contributed by atoms with van der Waals surface area (Å²) in [5, 5.41) is 14.7. The molecule has 3 aromatic rings. The van der Waals surface area contributed by atoms with E-state index in [4.69, 9.17) is 16.3 Å². The fraction of sp³-hybridized carbons (Fsp3) is 0.370. The van der Waals surface area contributed by atoms with Gasteiger partial charge in [0.1, 0.15) is 0 Å². The number of aromatic nitrogens is 2. The number of methoxy groups -OCH3 is 1. The van der Waals surface area contributed by atoms with Gasteiger partial charge in [0.2, 0.25) is 0 Å². The van der Waals surface area contributed by atoms with Gasteiger partial charge in [0.25, 0.3) is 11.1 Å². The number of aliphatic hydroxyl groups is 1. The first-order valence-corrected chi connectivity index (χ1v) is 13.7. The molecule has 3 heterocycles. The van der Waals surface area contributed by atoms with E-state index < -0.39 is 23.8 Å². The number of halogens is 4. The predicted octanol–water partition coefficient (Wildman–Crippen LogP) is 4.87. The van der Waals surface area contributed by atoms with Gasteiger partial charge < -0.3 is 9.84 Å². The van der Waals surface area contributed by atoms with Crippen LogP contribution < -0.4 is 0 Å². The lowest BCUT2D eigenvalue weighted by molar-refractivity contribution is -0.138. The van der Waals surface area contributed by atoms with Crippen LogP contribution in [0.3, 0.4) is 0 Å². The number of nitrogens with zero attached hydrogens (tertiary/aromatic N) is 4. The number of aliphatic hydroxyl groups excluding tert-OH is 1. The number of ether oxygens (including phenoxy) is 1. The van der Waals surface area contributed by atoms with Crippen LogP contribution in [0.1, 0.15) is 23.1 Å². The average Bonchev–Trinajstić information content (AvgIpc) is 3.54. The van der Waals surface area contributed by atoms with Crippen molar-refractivity contribution in [3.8, 4) is 0 Å². The molecule has 2 saturated heterocycles. The van der Waals surface area contributed by atoms with E-state index in [1.807, 2.05) is 4.90 Å². The first-order chi connectivity index (χ1) is 19.0. The highest BCUT2D eigenvalue weighted by Gasteiger charge is 2.40. The Kier molecular flexibility index (Phi) is 8.25. The number of fused-ring (bicyclic) bond motifs is 1. The smallest absolute Gasteiger partial charge is 0.392 e. The Labute approximate surface area is 237 Å². The van der Waals surface area contributed by atoms with Crippen LogP contribution in [0.15, 0.2) is 47.5 Å². The number of benzene rings is 2. The Hall–Kier alpha value is -2.90. The third-order valence-corrected chi connectivity index (χ3v) is 8.16. The molecule has 2 aromatic carbocycles. The zero-order chi connectivity index (χ0) is 28.6. The molecule has 1 aromatic heterocycles. The highest BCUT2D eigenvalue weighted by molar-refractivity contribution is 8.18. The van der Waals surface area contributed by atoms with E-state index in [1.54, 1.807) is 37.6 Å². The van der Waals surface area contributed by atoms with Crippen molar-refractivity contribution in [2.75, 3.05) is 33.4 Å². The second-order valence-corrected chi connectivity index (χ2v) is 11.2. The number of β-amino-alcohol motifs (C(OH)–C–C–N with tert-alkyl or cyclic N) is 1.